The van der Waals surface area contributed by atoms with E-state index in [2.05, 4.69) is 10.1 Å². The van der Waals surface area contributed by atoms with Crippen LogP contribution in [0.1, 0.15) is 31.2 Å². The molecular weight excluding hydrogens is 190 g/mol. The molecule has 0 aliphatic heterocycles. The molecule has 0 saturated heterocycles. The first-order valence-corrected chi connectivity index (χ1v) is 5.20. The predicted octanol–water partition coefficient (Wildman–Crippen LogP) is 1.78. The van der Waals surface area contributed by atoms with Gasteiger partial charge in [-0.3, -0.25) is 4.98 Å². The van der Waals surface area contributed by atoms with Gasteiger partial charge in [-0.05, 0) is 37.9 Å². The Bertz CT molecular complexity index is 298. The molecule has 0 aliphatic rings. The second kappa shape index (κ2) is 6.95. The highest BCUT2D eigenvalue weighted by Crippen LogP contribution is 2.07. The van der Waals surface area contributed by atoms with Crippen molar-refractivity contribution in [3.63, 3.8) is 0 Å². The maximum atomic E-state index is 8.88. The lowest BCUT2D eigenvalue weighted by molar-refractivity contribution is 0.317. The van der Waals surface area contributed by atoms with E-state index in [1.807, 2.05) is 12.1 Å². The minimum absolute atomic E-state index is 0.717. The standard InChI is InChI=1S/C11H17N3O/c12-7-3-1-2-4-11(14-15)10-5-8-13-9-6-10/h5-6,8-9,15H,1-4,7,12H2/b14-11+. The number of hydrogen-bond acceptors (Lipinski definition) is 4. The zero-order chi connectivity index (χ0) is 10.9. The van der Waals surface area contributed by atoms with Gasteiger partial charge in [-0.25, -0.2) is 0 Å². The van der Waals surface area contributed by atoms with Gasteiger partial charge in [0.2, 0.25) is 0 Å². The summed E-state index contributed by atoms with van der Waals surface area (Å²) in [4.78, 5) is 3.92. The molecule has 0 bridgehead atoms. The van der Waals surface area contributed by atoms with Gasteiger partial charge in [0.1, 0.15) is 0 Å². The quantitative estimate of drug-likeness (QED) is 0.323. The number of pyridine rings is 1. The molecule has 1 aromatic rings. The second-order valence-corrected chi connectivity index (χ2v) is 3.38. The summed E-state index contributed by atoms with van der Waals surface area (Å²) in [5.41, 5.74) is 7.05. The Hall–Kier alpha value is -1.42. The smallest absolute Gasteiger partial charge is 0.0868 e. The Labute approximate surface area is 89.8 Å². The molecule has 0 aliphatic carbocycles. The summed E-state index contributed by atoms with van der Waals surface area (Å²) in [6.07, 6.45) is 7.26. The third kappa shape index (κ3) is 4.08. The molecule has 4 heteroatoms. The zero-order valence-corrected chi connectivity index (χ0v) is 8.76. The van der Waals surface area contributed by atoms with E-state index in [1.54, 1.807) is 12.4 Å². The van der Waals surface area contributed by atoms with Crippen molar-refractivity contribution in [1.29, 1.82) is 0 Å². The first kappa shape index (κ1) is 11.7. The molecule has 0 atom stereocenters. The van der Waals surface area contributed by atoms with Crippen LogP contribution in [0.2, 0.25) is 0 Å². The molecular formula is C11H17N3O. The van der Waals surface area contributed by atoms with E-state index in [0.717, 1.165) is 43.5 Å². The summed E-state index contributed by atoms with van der Waals surface area (Å²) in [7, 11) is 0. The third-order valence-electron chi connectivity index (χ3n) is 2.25. The highest BCUT2D eigenvalue weighted by Gasteiger charge is 2.03. The first-order valence-electron chi connectivity index (χ1n) is 5.20. The Balaban J connectivity index is 2.44. The van der Waals surface area contributed by atoms with Gasteiger partial charge in [0.05, 0.1) is 5.71 Å². The maximum absolute atomic E-state index is 8.88. The molecule has 3 N–H and O–H groups in total. The lowest BCUT2D eigenvalue weighted by atomic mass is 10.1. The summed E-state index contributed by atoms with van der Waals surface area (Å²) in [6.45, 7) is 0.723. The van der Waals surface area contributed by atoms with Crippen LogP contribution in [-0.2, 0) is 0 Å². The number of unbranched alkanes of at least 4 members (excludes halogenated alkanes) is 2. The molecule has 82 valence electrons. The molecule has 1 aromatic heterocycles. The van der Waals surface area contributed by atoms with Crippen LogP contribution in [0.25, 0.3) is 0 Å². The number of hydrogen-bond donors (Lipinski definition) is 2. The van der Waals surface area contributed by atoms with Gasteiger partial charge >= 0.3 is 0 Å². The van der Waals surface area contributed by atoms with Crippen molar-refractivity contribution in [2.45, 2.75) is 25.7 Å². The zero-order valence-electron chi connectivity index (χ0n) is 8.76. The van der Waals surface area contributed by atoms with Crippen LogP contribution in [0, 0.1) is 0 Å². The number of rotatable bonds is 6. The number of nitrogens with zero attached hydrogens (tertiary/aromatic N) is 2. The van der Waals surface area contributed by atoms with Gasteiger partial charge in [0.15, 0.2) is 0 Å². The SMILES string of the molecule is NCCCCC/C(=N\O)c1ccncc1. The van der Waals surface area contributed by atoms with Crippen molar-refractivity contribution in [3.05, 3.63) is 30.1 Å². The Morgan fingerprint density at radius 3 is 2.60 bits per heavy atom. The van der Waals surface area contributed by atoms with Crippen LogP contribution < -0.4 is 5.73 Å². The monoisotopic (exact) mass is 207 g/mol. The summed E-state index contributed by atoms with van der Waals surface area (Å²) in [6, 6.07) is 3.69. The van der Waals surface area contributed by atoms with E-state index in [4.69, 9.17) is 10.9 Å². The fourth-order valence-electron chi connectivity index (χ4n) is 1.41. The fourth-order valence-corrected chi connectivity index (χ4v) is 1.41. The minimum atomic E-state index is 0.717. The van der Waals surface area contributed by atoms with E-state index >= 15 is 0 Å². The highest BCUT2D eigenvalue weighted by atomic mass is 16.4. The molecule has 0 amide bonds. The highest BCUT2D eigenvalue weighted by molar-refractivity contribution is 5.99. The van der Waals surface area contributed by atoms with E-state index in [9.17, 15) is 0 Å². The van der Waals surface area contributed by atoms with Crippen molar-refractivity contribution < 1.29 is 5.21 Å². The third-order valence-corrected chi connectivity index (χ3v) is 2.25. The van der Waals surface area contributed by atoms with Gasteiger partial charge in [-0.15, -0.1) is 0 Å². The largest absolute Gasteiger partial charge is 0.411 e. The Morgan fingerprint density at radius 2 is 2.00 bits per heavy atom. The predicted molar refractivity (Wildman–Crippen MR) is 60.1 cm³/mol. The molecule has 15 heavy (non-hydrogen) atoms. The average molecular weight is 207 g/mol. The number of oxime groups is 1. The topological polar surface area (TPSA) is 71.5 Å². The fraction of sp³-hybridized carbons (Fsp3) is 0.455. The van der Waals surface area contributed by atoms with Crippen LogP contribution >= 0.6 is 0 Å². The van der Waals surface area contributed by atoms with Crippen molar-refractivity contribution in [2.75, 3.05) is 6.54 Å². The number of nitrogens with two attached hydrogens (primary N) is 1. The Kier molecular flexibility index (Phi) is 5.40. The van der Waals surface area contributed by atoms with Crippen LogP contribution in [0.5, 0.6) is 0 Å². The van der Waals surface area contributed by atoms with E-state index < -0.39 is 0 Å². The van der Waals surface area contributed by atoms with Gasteiger partial charge in [-0.2, -0.15) is 0 Å². The molecule has 1 rings (SSSR count). The van der Waals surface area contributed by atoms with Crippen LogP contribution in [-0.4, -0.2) is 22.4 Å². The van der Waals surface area contributed by atoms with Gasteiger partial charge < -0.3 is 10.9 Å². The first-order chi connectivity index (χ1) is 7.38. The van der Waals surface area contributed by atoms with Crippen molar-refractivity contribution in [3.8, 4) is 0 Å². The molecule has 0 fully saturated rings. The van der Waals surface area contributed by atoms with Crippen molar-refractivity contribution in [1.82, 2.24) is 4.98 Å². The summed E-state index contributed by atoms with van der Waals surface area (Å²) in [5.74, 6) is 0. The average Bonchev–Trinajstić information content (AvgIpc) is 2.30. The van der Waals surface area contributed by atoms with Gasteiger partial charge in [0, 0.05) is 18.0 Å². The van der Waals surface area contributed by atoms with Crippen LogP contribution in [0.4, 0.5) is 0 Å². The molecule has 0 saturated carbocycles. The van der Waals surface area contributed by atoms with Crippen molar-refractivity contribution in [2.24, 2.45) is 10.9 Å². The molecule has 0 unspecified atom stereocenters. The summed E-state index contributed by atoms with van der Waals surface area (Å²) < 4.78 is 0. The molecule has 0 spiro atoms. The molecule has 0 radical (unpaired) electrons. The normalized spacial score (nSPS) is 11.7. The summed E-state index contributed by atoms with van der Waals surface area (Å²) in [5, 5.41) is 12.2. The lowest BCUT2D eigenvalue weighted by Gasteiger charge is -2.03. The summed E-state index contributed by atoms with van der Waals surface area (Å²) >= 11 is 0. The van der Waals surface area contributed by atoms with Gasteiger partial charge in [0.25, 0.3) is 0 Å². The van der Waals surface area contributed by atoms with E-state index in [-0.39, 0.29) is 0 Å². The van der Waals surface area contributed by atoms with E-state index in [0.29, 0.717) is 0 Å². The molecule has 1 heterocycles. The molecule has 4 nitrogen and oxygen atoms in total. The van der Waals surface area contributed by atoms with Crippen LogP contribution in [0.15, 0.2) is 29.7 Å². The number of aromatic nitrogens is 1. The van der Waals surface area contributed by atoms with Crippen LogP contribution in [0.3, 0.4) is 0 Å². The van der Waals surface area contributed by atoms with Gasteiger partial charge in [-0.1, -0.05) is 11.6 Å². The minimum Gasteiger partial charge on any atom is -0.411 e. The Morgan fingerprint density at radius 1 is 1.27 bits per heavy atom. The maximum Gasteiger partial charge on any atom is 0.0868 e. The van der Waals surface area contributed by atoms with E-state index in [1.165, 1.54) is 0 Å². The van der Waals surface area contributed by atoms with Crippen molar-refractivity contribution >= 4 is 5.71 Å². The second-order valence-electron chi connectivity index (χ2n) is 3.38. The molecule has 0 aromatic carbocycles. The lowest BCUT2D eigenvalue weighted by Crippen LogP contribution is -2.02.